The number of hydrogen-bond donors (Lipinski definition) is 2. The van der Waals surface area contributed by atoms with Gasteiger partial charge in [0.15, 0.2) is 0 Å². The van der Waals surface area contributed by atoms with Gasteiger partial charge in [0.2, 0.25) is 0 Å². The highest BCUT2D eigenvalue weighted by atomic mass is 16.5. The molecule has 2 aromatic rings. The zero-order valence-electron chi connectivity index (χ0n) is 13.4. The minimum absolute atomic E-state index is 0.0627. The number of fused-ring (bicyclic) bond motifs is 1. The first kappa shape index (κ1) is 16.5. The molecule has 0 aliphatic heterocycles. The van der Waals surface area contributed by atoms with Crippen molar-refractivity contribution in [2.45, 2.75) is 32.9 Å². The fourth-order valence-corrected chi connectivity index (χ4v) is 2.64. The van der Waals surface area contributed by atoms with Crippen LogP contribution < -0.4 is 10.3 Å². The van der Waals surface area contributed by atoms with Gasteiger partial charge in [-0.2, -0.15) is 0 Å². The second-order valence-electron chi connectivity index (χ2n) is 5.50. The van der Waals surface area contributed by atoms with Gasteiger partial charge in [0.1, 0.15) is 5.75 Å². The number of aliphatic hydroxyl groups excluding tert-OH is 1. The molecule has 0 saturated heterocycles. The third kappa shape index (κ3) is 3.67. The summed E-state index contributed by atoms with van der Waals surface area (Å²) in [6.45, 7) is 5.68. The van der Waals surface area contributed by atoms with Crippen molar-refractivity contribution >= 4 is 10.9 Å². The van der Waals surface area contributed by atoms with E-state index in [4.69, 9.17) is 9.84 Å². The molecule has 2 N–H and O–H groups in total. The van der Waals surface area contributed by atoms with Crippen LogP contribution in [0.25, 0.3) is 10.9 Å². The number of methoxy groups -OCH3 is 1. The molecule has 0 unspecified atom stereocenters. The Morgan fingerprint density at radius 1 is 1.36 bits per heavy atom. The number of hydrogen-bond acceptors (Lipinski definition) is 4. The summed E-state index contributed by atoms with van der Waals surface area (Å²) >= 11 is 0. The Kier molecular flexibility index (Phi) is 5.57. The first-order valence-corrected chi connectivity index (χ1v) is 7.64. The standard InChI is InChI=1S/C17H24N2O3/c1-4-19(12(2)7-8-20)11-14-9-13-10-15(22-3)5-6-16(13)18-17(14)21/h5-6,9-10,12,20H,4,7-8,11H2,1-3H3,(H,18,21)/t12-/m1/s1. The Hall–Kier alpha value is -1.85. The molecule has 2 rings (SSSR count). The Morgan fingerprint density at radius 2 is 2.14 bits per heavy atom. The molecule has 0 radical (unpaired) electrons. The van der Waals surface area contributed by atoms with E-state index in [0.29, 0.717) is 13.0 Å². The van der Waals surface area contributed by atoms with E-state index in [1.807, 2.05) is 24.3 Å². The second kappa shape index (κ2) is 7.42. The summed E-state index contributed by atoms with van der Waals surface area (Å²) in [4.78, 5) is 17.4. The summed E-state index contributed by atoms with van der Waals surface area (Å²) in [7, 11) is 1.63. The van der Waals surface area contributed by atoms with Crippen molar-refractivity contribution in [3.63, 3.8) is 0 Å². The number of aromatic amines is 1. The molecule has 120 valence electrons. The predicted molar refractivity (Wildman–Crippen MR) is 88.4 cm³/mol. The van der Waals surface area contributed by atoms with Gasteiger partial charge in [-0.3, -0.25) is 9.69 Å². The highest BCUT2D eigenvalue weighted by molar-refractivity contribution is 5.80. The molecule has 1 heterocycles. The van der Waals surface area contributed by atoms with E-state index in [1.165, 1.54) is 0 Å². The van der Waals surface area contributed by atoms with Crippen LogP contribution in [0.3, 0.4) is 0 Å². The molecule has 1 aromatic heterocycles. The third-order valence-electron chi connectivity index (χ3n) is 4.08. The number of aliphatic hydroxyl groups is 1. The Morgan fingerprint density at radius 3 is 2.77 bits per heavy atom. The van der Waals surface area contributed by atoms with E-state index in [9.17, 15) is 4.79 Å². The van der Waals surface area contributed by atoms with Gasteiger partial charge in [0.25, 0.3) is 5.56 Å². The lowest BCUT2D eigenvalue weighted by atomic mass is 10.1. The van der Waals surface area contributed by atoms with Crippen LogP contribution in [0.15, 0.2) is 29.1 Å². The number of nitrogens with zero attached hydrogens (tertiary/aromatic N) is 1. The van der Waals surface area contributed by atoms with E-state index in [0.717, 1.165) is 28.8 Å². The topological polar surface area (TPSA) is 65.6 Å². The molecule has 22 heavy (non-hydrogen) atoms. The molecule has 0 amide bonds. The van der Waals surface area contributed by atoms with E-state index in [2.05, 4.69) is 23.7 Å². The second-order valence-corrected chi connectivity index (χ2v) is 5.50. The van der Waals surface area contributed by atoms with Crippen molar-refractivity contribution in [2.75, 3.05) is 20.3 Å². The van der Waals surface area contributed by atoms with Gasteiger partial charge in [-0.25, -0.2) is 0 Å². The molecule has 0 bridgehead atoms. The largest absolute Gasteiger partial charge is 0.497 e. The molecule has 5 nitrogen and oxygen atoms in total. The quantitative estimate of drug-likeness (QED) is 0.822. The first-order valence-electron chi connectivity index (χ1n) is 7.64. The minimum atomic E-state index is -0.0627. The average molecular weight is 304 g/mol. The van der Waals surface area contributed by atoms with Crippen LogP contribution in [-0.4, -0.2) is 41.3 Å². The maximum atomic E-state index is 12.3. The van der Waals surface area contributed by atoms with E-state index in [1.54, 1.807) is 7.11 Å². The SMILES string of the molecule is CCN(Cc1cc2cc(OC)ccc2[nH]c1=O)[C@H](C)CCO. The average Bonchev–Trinajstić information content (AvgIpc) is 2.52. The number of rotatable bonds is 7. The molecule has 0 saturated carbocycles. The maximum absolute atomic E-state index is 12.3. The molecule has 0 aliphatic rings. The van der Waals surface area contributed by atoms with E-state index >= 15 is 0 Å². The third-order valence-corrected chi connectivity index (χ3v) is 4.08. The number of pyridine rings is 1. The van der Waals surface area contributed by atoms with Gasteiger partial charge < -0.3 is 14.8 Å². The van der Waals surface area contributed by atoms with Crippen molar-refractivity contribution in [1.29, 1.82) is 0 Å². The number of nitrogens with one attached hydrogen (secondary N) is 1. The number of benzene rings is 1. The van der Waals surface area contributed by atoms with E-state index in [-0.39, 0.29) is 18.2 Å². The Labute approximate surface area is 130 Å². The fraction of sp³-hybridized carbons (Fsp3) is 0.471. The normalized spacial score (nSPS) is 12.8. The van der Waals surface area contributed by atoms with Crippen LogP contribution >= 0.6 is 0 Å². The minimum Gasteiger partial charge on any atom is -0.497 e. The number of aromatic nitrogens is 1. The molecule has 1 aromatic carbocycles. The van der Waals surface area contributed by atoms with Gasteiger partial charge in [-0.1, -0.05) is 6.92 Å². The van der Waals surface area contributed by atoms with Gasteiger partial charge in [0.05, 0.1) is 7.11 Å². The first-order chi connectivity index (χ1) is 10.6. The molecule has 1 atom stereocenters. The van der Waals surface area contributed by atoms with Crippen LogP contribution in [0, 0.1) is 0 Å². The van der Waals surface area contributed by atoms with Crippen molar-refractivity contribution < 1.29 is 9.84 Å². The lowest BCUT2D eigenvalue weighted by Gasteiger charge is -2.27. The zero-order chi connectivity index (χ0) is 16.1. The van der Waals surface area contributed by atoms with Crippen molar-refractivity contribution in [2.24, 2.45) is 0 Å². The van der Waals surface area contributed by atoms with Crippen LogP contribution in [0.1, 0.15) is 25.8 Å². The summed E-state index contributed by atoms with van der Waals surface area (Å²) < 4.78 is 5.23. The van der Waals surface area contributed by atoms with Crippen LogP contribution in [0.5, 0.6) is 5.75 Å². The predicted octanol–water partition coefficient (Wildman–Crippen LogP) is 2.13. The monoisotopic (exact) mass is 304 g/mol. The summed E-state index contributed by atoms with van der Waals surface area (Å²) in [6.07, 6.45) is 0.702. The molecule has 5 heteroatoms. The molecular formula is C17H24N2O3. The van der Waals surface area contributed by atoms with Gasteiger partial charge in [0, 0.05) is 35.7 Å². The molecular weight excluding hydrogens is 280 g/mol. The lowest BCUT2D eigenvalue weighted by molar-refractivity contribution is 0.167. The summed E-state index contributed by atoms with van der Waals surface area (Å²) in [6, 6.07) is 7.76. The zero-order valence-corrected chi connectivity index (χ0v) is 13.4. The highest BCUT2D eigenvalue weighted by Gasteiger charge is 2.14. The number of ether oxygens (including phenoxy) is 1. The highest BCUT2D eigenvalue weighted by Crippen LogP contribution is 2.19. The van der Waals surface area contributed by atoms with Crippen molar-refractivity contribution in [1.82, 2.24) is 9.88 Å². The van der Waals surface area contributed by atoms with Crippen molar-refractivity contribution in [3.05, 3.63) is 40.2 Å². The van der Waals surface area contributed by atoms with Gasteiger partial charge in [-0.15, -0.1) is 0 Å². The number of H-pyrrole nitrogens is 1. The van der Waals surface area contributed by atoms with Gasteiger partial charge >= 0.3 is 0 Å². The van der Waals surface area contributed by atoms with Crippen LogP contribution in [0.4, 0.5) is 0 Å². The van der Waals surface area contributed by atoms with E-state index < -0.39 is 0 Å². The molecule has 0 fully saturated rings. The summed E-state index contributed by atoms with van der Waals surface area (Å²) in [5.41, 5.74) is 1.47. The molecule has 0 spiro atoms. The smallest absolute Gasteiger partial charge is 0.252 e. The fourth-order valence-electron chi connectivity index (χ4n) is 2.64. The van der Waals surface area contributed by atoms with Crippen molar-refractivity contribution in [3.8, 4) is 5.75 Å². The maximum Gasteiger partial charge on any atom is 0.252 e. The summed E-state index contributed by atoms with van der Waals surface area (Å²) in [5, 5.41) is 10.1. The van der Waals surface area contributed by atoms with Crippen LogP contribution in [0.2, 0.25) is 0 Å². The Bertz CT molecular complexity index is 681. The molecule has 0 aliphatic carbocycles. The van der Waals surface area contributed by atoms with Gasteiger partial charge in [-0.05, 0) is 44.2 Å². The van der Waals surface area contributed by atoms with Crippen LogP contribution in [-0.2, 0) is 6.54 Å². The summed E-state index contributed by atoms with van der Waals surface area (Å²) in [5.74, 6) is 0.770. The lowest BCUT2D eigenvalue weighted by Crippen LogP contribution is -2.35. The Balaban J connectivity index is 2.33.